The van der Waals surface area contributed by atoms with Crippen LogP contribution in [0, 0.1) is 13.8 Å². The van der Waals surface area contributed by atoms with E-state index in [2.05, 4.69) is 15.3 Å². The fraction of sp³-hybridized carbons (Fsp3) is 0.0800. The number of rotatable bonds is 6. The van der Waals surface area contributed by atoms with Crippen molar-refractivity contribution in [1.29, 1.82) is 0 Å². The Morgan fingerprint density at radius 2 is 1.16 bits per heavy atom. The van der Waals surface area contributed by atoms with E-state index >= 15 is 0 Å². The molecule has 0 bridgehead atoms. The lowest BCUT2D eigenvalue weighted by molar-refractivity contribution is 0.102. The number of benzene rings is 3. The van der Waals surface area contributed by atoms with Gasteiger partial charge in [0.25, 0.3) is 5.91 Å². The maximum absolute atomic E-state index is 12.7. The van der Waals surface area contributed by atoms with Gasteiger partial charge in [0.05, 0.1) is 17.1 Å². The largest absolute Gasteiger partial charge is 0.457 e. The molecule has 4 aromatic rings. The number of aryl methyl sites for hydroxylation is 2. The zero-order chi connectivity index (χ0) is 21.6. The lowest BCUT2D eigenvalue weighted by Crippen LogP contribution is -2.15. The highest BCUT2D eigenvalue weighted by atomic mass is 16.5. The predicted molar refractivity (Wildman–Crippen MR) is 119 cm³/mol. The van der Waals surface area contributed by atoms with Crippen LogP contribution in [0.2, 0.25) is 0 Å². The number of nitrogens with one attached hydrogen (secondary N) is 1. The average Bonchev–Trinajstić information content (AvgIpc) is 2.78. The van der Waals surface area contributed by atoms with Crippen LogP contribution >= 0.6 is 0 Å². The number of ether oxygens (including phenoxy) is 2. The van der Waals surface area contributed by atoms with Crippen LogP contribution in [0.25, 0.3) is 0 Å². The van der Waals surface area contributed by atoms with Crippen molar-refractivity contribution in [2.45, 2.75) is 13.8 Å². The summed E-state index contributed by atoms with van der Waals surface area (Å²) in [6.45, 7) is 3.61. The Morgan fingerprint density at radius 1 is 0.677 bits per heavy atom. The van der Waals surface area contributed by atoms with Gasteiger partial charge in [-0.1, -0.05) is 36.4 Å². The summed E-state index contributed by atoms with van der Waals surface area (Å²) in [4.78, 5) is 21.5. The van der Waals surface area contributed by atoms with Gasteiger partial charge >= 0.3 is 6.01 Å². The Kier molecular flexibility index (Phi) is 5.89. The molecule has 0 spiro atoms. The number of carbonyl (C=O) groups excluding carboxylic acids is 1. The SMILES string of the molecule is Cc1nc(Oc2ccccc2)nc(C)c1NC(=O)c1ccc(Oc2ccccc2)cc1. The number of hydrogen-bond acceptors (Lipinski definition) is 5. The second-order valence-electron chi connectivity index (χ2n) is 6.86. The van der Waals surface area contributed by atoms with E-state index in [0.717, 1.165) is 5.75 Å². The van der Waals surface area contributed by atoms with Crippen LogP contribution in [0.5, 0.6) is 23.3 Å². The first-order valence-electron chi connectivity index (χ1n) is 9.81. The summed E-state index contributed by atoms with van der Waals surface area (Å²) < 4.78 is 11.5. The topological polar surface area (TPSA) is 73.3 Å². The van der Waals surface area contributed by atoms with Gasteiger partial charge in [-0.25, -0.2) is 0 Å². The van der Waals surface area contributed by atoms with Crippen molar-refractivity contribution >= 4 is 11.6 Å². The van der Waals surface area contributed by atoms with Crippen LogP contribution in [-0.2, 0) is 0 Å². The van der Waals surface area contributed by atoms with Crippen LogP contribution in [0.4, 0.5) is 5.69 Å². The molecule has 6 heteroatoms. The maximum Gasteiger partial charge on any atom is 0.322 e. The fourth-order valence-electron chi connectivity index (χ4n) is 2.99. The quantitative estimate of drug-likeness (QED) is 0.426. The first-order valence-corrected chi connectivity index (χ1v) is 9.81. The van der Waals surface area contributed by atoms with Gasteiger partial charge in [-0.3, -0.25) is 4.79 Å². The van der Waals surface area contributed by atoms with Crippen molar-refractivity contribution in [3.05, 3.63) is 102 Å². The number of para-hydroxylation sites is 2. The van der Waals surface area contributed by atoms with E-state index < -0.39 is 0 Å². The van der Waals surface area contributed by atoms with E-state index in [1.807, 2.05) is 60.7 Å². The van der Waals surface area contributed by atoms with Crippen LogP contribution < -0.4 is 14.8 Å². The number of amides is 1. The average molecular weight is 411 g/mol. The molecule has 4 rings (SSSR count). The first kappa shape index (κ1) is 20.1. The minimum absolute atomic E-state index is 0.238. The highest BCUT2D eigenvalue weighted by Crippen LogP contribution is 2.25. The van der Waals surface area contributed by atoms with Crippen LogP contribution in [0.3, 0.4) is 0 Å². The lowest BCUT2D eigenvalue weighted by Gasteiger charge is -2.13. The molecule has 6 nitrogen and oxygen atoms in total. The molecule has 0 aliphatic heterocycles. The summed E-state index contributed by atoms with van der Waals surface area (Å²) in [6.07, 6.45) is 0. The van der Waals surface area contributed by atoms with Crippen LogP contribution in [0.15, 0.2) is 84.9 Å². The van der Waals surface area contributed by atoms with Crippen molar-refractivity contribution in [3.8, 4) is 23.3 Å². The van der Waals surface area contributed by atoms with Gasteiger partial charge < -0.3 is 14.8 Å². The Balaban J connectivity index is 1.45. The van der Waals surface area contributed by atoms with E-state index in [1.165, 1.54) is 0 Å². The predicted octanol–water partition coefficient (Wildman–Crippen LogP) is 5.93. The van der Waals surface area contributed by atoms with E-state index in [9.17, 15) is 4.79 Å². The van der Waals surface area contributed by atoms with Crippen molar-refractivity contribution in [2.24, 2.45) is 0 Å². The van der Waals surface area contributed by atoms with Gasteiger partial charge in [-0.05, 0) is 62.4 Å². The molecule has 0 atom stereocenters. The minimum atomic E-state index is -0.252. The Bertz CT molecular complexity index is 1150. The maximum atomic E-state index is 12.7. The summed E-state index contributed by atoms with van der Waals surface area (Å²) in [5, 5.41) is 2.89. The van der Waals surface area contributed by atoms with Gasteiger partial charge in [-0.15, -0.1) is 0 Å². The van der Waals surface area contributed by atoms with E-state index in [0.29, 0.717) is 34.1 Å². The molecule has 0 fully saturated rings. The van der Waals surface area contributed by atoms with Crippen molar-refractivity contribution in [2.75, 3.05) is 5.32 Å². The Morgan fingerprint density at radius 3 is 1.71 bits per heavy atom. The molecular formula is C25H21N3O3. The van der Waals surface area contributed by atoms with Crippen LogP contribution in [0.1, 0.15) is 21.7 Å². The fourth-order valence-corrected chi connectivity index (χ4v) is 2.99. The normalized spacial score (nSPS) is 10.4. The molecule has 3 aromatic carbocycles. The zero-order valence-corrected chi connectivity index (χ0v) is 17.2. The van der Waals surface area contributed by atoms with E-state index in [4.69, 9.17) is 9.47 Å². The standard InChI is InChI=1S/C25H21N3O3/c1-17-23(18(2)27-25(26-17)31-21-11-7-4-8-12-21)28-24(29)19-13-15-22(16-14-19)30-20-9-5-3-6-10-20/h3-16H,1-2H3,(H,28,29). The molecule has 1 amide bonds. The number of aromatic nitrogens is 2. The number of hydrogen-bond donors (Lipinski definition) is 1. The third-order valence-electron chi connectivity index (χ3n) is 4.54. The molecular weight excluding hydrogens is 390 g/mol. The molecule has 0 saturated heterocycles. The number of anilines is 1. The molecule has 1 aromatic heterocycles. The van der Waals surface area contributed by atoms with Crippen molar-refractivity contribution in [3.63, 3.8) is 0 Å². The summed E-state index contributed by atoms with van der Waals surface area (Å²) in [6, 6.07) is 26.0. The first-order chi connectivity index (χ1) is 15.1. The smallest absolute Gasteiger partial charge is 0.322 e. The van der Waals surface area contributed by atoms with Gasteiger partial charge in [0.2, 0.25) is 0 Å². The monoisotopic (exact) mass is 411 g/mol. The van der Waals surface area contributed by atoms with Gasteiger partial charge in [-0.2, -0.15) is 9.97 Å². The van der Waals surface area contributed by atoms with E-state index in [-0.39, 0.29) is 11.9 Å². The van der Waals surface area contributed by atoms with Crippen molar-refractivity contribution in [1.82, 2.24) is 9.97 Å². The summed E-state index contributed by atoms with van der Waals surface area (Å²) in [7, 11) is 0. The van der Waals surface area contributed by atoms with Gasteiger partial charge in [0.15, 0.2) is 0 Å². The molecule has 0 saturated carbocycles. The summed E-state index contributed by atoms with van der Waals surface area (Å²) in [5.74, 6) is 1.79. The second-order valence-corrected chi connectivity index (χ2v) is 6.86. The third-order valence-corrected chi connectivity index (χ3v) is 4.54. The highest BCUT2D eigenvalue weighted by molar-refractivity contribution is 6.04. The molecule has 1 N–H and O–H groups in total. The second kappa shape index (κ2) is 9.09. The van der Waals surface area contributed by atoms with E-state index in [1.54, 1.807) is 38.1 Å². The van der Waals surface area contributed by atoms with Gasteiger partial charge in [0.1, 0.15) is 17.2 Å². The van der Waals surface area contributed by atoms with Gasteiger partial charge in [0, 0.05) is 5.56 Å². The molecule has 154 valence electrons. The third kappa shape index (κ3) is 5.05. The summed E-state index contributed by atoms with van der Waals surface area (Å²) >= 11 is 0. The number of carbonyl (C=O) groups is 1. The molecule has 0 radical (unpaired) electrons. The molecule has 1 heterocycles. The minimum Gasteiger partial charge on any atom is -0.457 e. The highest BCUT2D eigenvalue weighted by Gasteiger charge is 2.14. The van der Waals surface area contributed by atoms with Crippen LogP contribution in [-0.4, -0.2) is 15.9 Å². The Labute approximate surface area is 180 Å². The molecule has 0 aliphatic carbocycles. The molecule has 0 aliphatic rings. The molecule has 0 unspecified atom stereocenters. The molecule has 31 heavy (non-hydrogen) atoms. The van der Waals surface area contributed by atoms with Crippen molar-refractivity contribution < 1.29 is 14.3 Å². The lowest BCUT2D eigenvalue weighted by atomic mass is 10.2. The Hall–Kier alpha value is -4.19. The number of nitrogens with zero attached hydrogens (tertiary/aromatic N) is 2. The zero-order valence-electron chi connectivity index (χ0n) is 17.2. The summed E-state index contributed by atoms with van der Waals surface area (Å²) in [5.41, 5.74) is 2.31.